The first-order chi connectivity index (χ1) is 19.9. The van der Waals surface area contributed by atoms with Gasteiger partial charge in [0.05, 0.1) is 40.4 Å². The third kappa shape index (κ3) is 5.20. The molecule has 1 aliphatic heterocycles. The Kier molecular flexibility index (Phi) is 7.04. The Hall–Kier alpha value is -4.87. The highest BCUT2D eigenvalue weighted by Crippen LogP contribution is 2.49. The molecule has 0 saturated carbocycles. The van der Waals surface area contributed by atoms with Gasteiger partial charge in [-0.3, -0.25) is 9.69 Å². The SMILES string of the molecule is COc1cccc(N=Nc2ccc(O)cc2N2C(=O)C(Cl)C2c2cc(N=Nc3nc4ccccc4s3)ccc2O)c1. The molecule has 4 aromatic carbocycles. The highest BCUT2D eigenvalue weighted by molar-refractivity contribution is 7.21. The van der Waals surface area contributed by atoms with Gasteiger partial charge in [-0.2, -0.15) is 5.11 Å². The fraction of sp³-hybridized carbons (Fsp3) is 0.103. The lowest BCUT2D eigenvalue weighted by atomic mass is 9.91. The minimum Gasteiger partial charge on any atom is -0.508 e. The third-order valence-corrected chi connectivity index (χ3v) is 7.78. The number of azo groups is 2. The maximum atomic E-state index is 13.1. The Labute approximate surface area is 242 Å². The molecular weight excluding hydrogens is 564 g/mol. The Morgan fingerprint density at radius 2 is 1.71 bits per heavy atom. The average molecular weight is 585 g/mol. The molecule has 1 aliphatic rings. The molecule has 2 heterocycles. The molecular formula is C29H21ClN6O4S. The first-order valence-corrected chi connectivity index (χ1v) is 13.6. The van der Waals surface area contributed by atoms with Crippen molar-refractivity contribution in [2.24, 2.45) is 20.5 Å². The van der Waals surface area contributed by atoms with Crippen LogP contribution >= 0.6 is 22.9 Å². The summed E-state index contributed by atoms with van der Waals surface area (Å²) in [5, 5.41) is 37.7. The third-order valence-electron chi connectivity index (χ3n) is 6.44. The van der Waals surface area contributed by atoms with Crippen molar-refractivity contribution in [1.82, 2.24) is 4.98 Å². The standard InChI is InChI=1S/C29H21ClN6O4S/c1-40-19-6-4-5-16(13-19)32-34-21-11-10-18(37)15-23(21)36-27(26(30)28(36)39)20-14-17(9-12-24(20)38)33-35-29-31-22-7-2-3-8-25(22)41-29/h2-15,26-27,37-38H,1H3. The molecule has 1 fully saturated rings. The molecule has 0 spiro atoms. The van der Waals surface area contributed by atoms with Crippen LogP contribution in [0.15, 0.2) is 105 Å². The second-order valence-corrected chi connectivity index (χ2v) is 10.5. The molecule has 0 aliphatic carbocycles. The van der Waals surface area contributed by atoms with E-state index in [1.807, 2.05) is 24.3 Å². The molecule has 1 aromatic heterocycles. The first kappa shape index (κ1) is 26.4. The summed E-state index contributed by atoms with van der Waals surface area (Å²) in [5.74, 6) is 0.0521. The molecule has 12 heteroatoms. The number of ether oxygens (including phenoxy) is 1. The van der Waals surface area contributed by atoms with Crippen molar-refractivity contribution in [2.45, 2.75) is 11.4 Å². The molecule has 2 N–H and O–H groups in total. The molecule has 204 valence electrons. The second-order valence-electron chi connectivity index (χ2n) is 9.04. The molecule has 5 aromatic rings. The van der Waals surface area contributed by atoms with Gasteiger partial charge in [-0.15, -0.1) is 26.9 Å². The summed E-state index contributed by atoms with van der Waals surface area (Å²) >= 11 is 7.90. The summed E-state index contributed by atoms with van der Waals surface area (Å²) in [7, 11) is 1.55. The van der Waals surface area contributed by atoms with Gasteiger partial charge in [0.1, 0.15) is 28.3 Å². The van der Waals surface area contributed by atoms with Crippen LogP contribution in [0.5, 0.6) is 17.2 Å². The van der Waals surface area contributed by atoms with Crippen molar-refractivity contribution in [1.29, 1.82) is 0 Å². The number of alkyl halides is 1. The quantitative estimate of drug-likeness (QED) is 0.113. The number of phenols is 2. The zero-order chi connectivity index (χ0) is 28.5. The van der Waals surface area contributed by atoms with E-state index in [2.05, 4.69) is 25.4 Å². The van der Waals surface area contributed by atoms with Crippen LogP contribution in [0.2, 0.25) is 0 Å². The minimum atomic E-state index is -0.970. The van der Waals surface area contributed by atoms with E-state index in [0.717, 1.165) is 10.2 Å². The van der Waals surface area contributed by atoms with E-state index in [1.165, 1.54) is 34.4 Å². The largest absolute Gasteiger partial charge is 0.508 e. The zero-order valence-electron chi connectivity index (χ0n) is 21.4. The normalized spacial score (nSPS) is 17.0. The topological polar surface area (TPSA) is 132 Å². The fourth-order valence-electron chi connectivity index (χ4n) is 4.44. The van der Waals surface area contributed by atoms with Gasteiger partial charge >= 0.3 is 0 Å². The van der Waals surface area contributed by atoms with Gasteiger partial charge in [0.25, 0.3) is 0 Å². The van der Waals surface area contributed by atoms with Gasteiger partial charge in [-0.05, 0) is 54.6 Å². The summed E-state index contributed by atoms with van der Waals surface area (Å²) in [6.07, 6.45) is 0. The molecule has 2 unspecified atom stereocenters. The number of phenolic OH excluding ortho intramolecular Hbond substituents is 2. The van der Waals surface area contributed by atoms with E-state index in [4.69, 9.17) is 16.3 Å². The number of benzene rings is 4. The van der Waals surface area contributed by atoms with Gasteiger partial charge in [-0.1, -0.05) is 29.5 Å². The van der Waals surface area contributed by atoms with Gasteiger partial charge in [0.15, 0.2) is 0 Å². The first-order valence-electron chi connectivity index (χ1n) is 12.4. The van der Waals surface area contributed by atoms with Crippen LogP contribution in [0.25, 0.3) is 10.2 Å². The van der Waals surface area contributed by atoms with E-state index in [1.54, 1.807) is 49.6 Å². The summed E-state index contributed by atoms with van der Waals surface area (Å²) in [5.41, 5.74) is 2.77. The average Bonchev–Trinajstić information content (AvgIpc) is 3.42. The van der Waals surface area contributed by atoms with Crippen LogP contribution < -0.4 is 9.64 Å². The number of aromatic nitrogens is 1. The number of halogens is 1. The number of nitrogens with zero attached hydrogens (tertiary/aromatic N) is 6. The lowest BCUT2D eigenvalue weighted by molar-refractivity contribution is -0.123. The Morgan fingerprint density at radius 1 is 0.902 bits per heavy atom. The fourth-order valence-corrected chi connectivity index (χ4v) is 5.58. The molecule has 10 nitrogen and oxygen atoms in total. The molecule has 41 heavy (non-hydrogen) atoms. The van der Waals surface area contributed by atoms with Crippen LogP contribution in [-0.4, -0.2) is 33.6 Å². The number of anilines is 1. The highest BCUT2D eigenvalue weighted by Gasteiger charge is 2.50. The van der Waals surface area contributed by atoms with Crippen LogP contribution in [-0.2, 0) is 4.79 Å². The van der Waals surface area contributed by atoms with Gasteiger partial charge in [-0.25, -0.2) is 4.98 Å². The van der Waals surface area contributed by atoms with Crippen LogP contribution in [0.3, 0.4) is 0 Å². The maximum absolute atomic E-state index is 13.1. The van der Waals surface area contributed by atoms with E-state index in [9.17, 15) is 15.0 Å². The Morgan fingerprint density at radius 3 is 2.54 bits per heavy atom. The predicted molar refractivity (Wildman–Crippen MR) is 157 cm³/mol. The number of methoxy groups -OCH3 is 1. The van der Waals surface area contributed by atoms with Crippen LogP contribution in [0, 0.1) is 0 Å². The number of fused-ring (bicyclic) bond motifs is 1. The number of amides is 1. The smallest absolute Gasteiger partial charge is 0.248 e. The van der Waals surface area contributed by atoms with E-state index in [-0.39, 0.29) is 17.2 Å². The number of hydrogen-bond acceptors (Lipinski definition) is 10. The number of hydrogen-bond donors (Lipinski definition) is 2. The highest BCUT2D eigenvalue weighted by atomic mass is 35.5. The van der Waals surface area contributed by atoms with Crippen molar-refractivity contribution in [2.75, 3.05) is 12.0 Å². The summed E-state index contributed by atoms with van der Waals surface area (Å²) in [4.78, 5) is 18.9. The van der Waals surface area contributed by atoms with Crippen molar-refractivity contribution in [3.63, 3.8) is 0 Å². The lowest BCUT2D eigenvalue weighted by Gasteiger charge is -2.44. The van der Waals surface area contributed by atoms with Crippen molar-refractivity contribution >= 4 is 66.9 Å². The Bertz CT molecular complexity index is 1810. The van der Waals surface area contributed by atoms with E-state index in [0.29, 0.717) is 33.5 Å². The summed E-state index contributed by atoms with van der Waals surface area (Å²) in [6, 6.07) is 23.0. The molecule has 0 radical (unpaired) electrons. The van der Waals surface area contributed by atoms with Crippen LogP contribution in [0.1, 0.15) is 11.6 Å². The molecule has 6 rings (SSSR count). The summed E-state index contributed by atoms with van der Waals surface area (Å²) < 4.78 is 6.23. The van der Waals surface area contributed by atoms with Crippen LogP contribution in [0.4, 0.5) is 27.9 Å². The van der Waals surface area contributed by atoms with Gasteiger partial charge in [0.2, 0.25) is 11.0 Å². The van der Waals surface area contributed by atoms with Gasteiger partial charge in [0, 0.05) is 17.7 Å². The molecule has 0 bridgehead atoms. The van der Waals surface area contributed by atoms with E-state index < -0.39 is 17.3 Å². The number of thiazole rings is 1. The number of rotatable bonds is 7. The van der Waals surface area contributed by atoms with Crippen molar-refractivity contribution < 1.29 is 19.7 Å². The monoisotopic (exact) mass is 584 g/mol. The molecule has 1 amide bonds. The number of carbonyl (C=O) groups excluding carboxylic acids is 1. The lowest BCUT2D eigenvalue weighted by Crippen LogP contribution is -2.56. The molecule has 1 saturated heterocycles. The predicted octanol–water partition coefficient (Wildman–Crippen LogP) is 8.24. The Balaban J connectivity index is 1.33. The van der Waals surface area contributed by atoms with Crippen molar-refractivity contribution in [3.05, 3.63) is 90.5 Å². The summed E-state index contributed by atoms with van der Waals surface area (Å²) in [6.45, 7) is 0. The zero-order valence-corrected chi connectivity index (χ0v) is 23.0. The number of β-lactam (4-membered cyclic amide) rings is 1. The number of aromatic hydroxyl groups is 2. The van der Waals surface area contributed by atoms with Crippen molar-refractivity contribution in [3.8, 4) is 17.2 Å². The molecule has 2 atom stereocenters. The minimum absolute atomic E-state index is 0.0724. The van der Waals surface area contributed by atoms with E-state index >= 15 is 0 Å². The van der Waals surface area contributed by atoms with Gasteiger partial charge < -0.3 is 14.9 Å². The number of carbonyl (C=O) groups is 1. The maximum Gasteiger partial charge on any atom is 0.248 e. The second kappa shape index (κ2) is 11.0. The number of para-hydroxylation sites is 1.